The van der Waals surface area contributed by atoms with E-state index < -0.39 is 0 Å². The van der Waals surface area contributed by atoms with Gasteiger partial charge in [0.05, 0.1) is 0 Å². The minimum Gasteiger partial charge on any atom is -0.0993 e. The Hall–Kier alpha value is -0.520. The van der Waals surface area contributed by atoms with E-state index in [1.165, 1.54) is 37.7 Å². The SMILES string of the molecule is C=C1CCC[C@@]1(C)[C@@]1(C)C=CC(C)CC1. The van der Waals surface area contributed by atoms with Crippen molar-refractivity contribution in [3.05, 3.63) is 24.3 Å². The molecule has 84 valence electrons. The van der Waals surface area contributed by atoms with Gasteiger partial charge in [-0.1, -0.05) is 45.1 Å². The molecule has 0 heterocycles. The van der Waals surface area contributed by atoms with Crippen LogP contribution in [0.3, 0.4) is 0 Å². The molecular weight excluding hydrogens is 180 g/mol. The molecule has 1 unspecified atom stereocenters. The van der Waals surface area contributed by atoms with Gasteiger partial charge in [0.2, 0.25) is 0 Å². The third kappa shape index (κ3) is 1.58. The first-order chi connectivity index (χ1) is 6.98. The maximum absolute atomic E-state index is 4.31. The van der Waals surface area contributed by atoms with Crippen LogP contribution in [0.2, 0.25) is 0 Å². The van der Waals surface area contributed by atoms with E-state index in [4.69, 9.17) is 0 Å². The maximum Gasteiger partial charge on any atom is -0.00307 e. The van der Waals surface area contributed by atoms with Crippen molar-refractivity contribution in [2.75, 3.05) is 0 Å². The van der Waals surface area contributed by atoms with Crippen molar-refractivity contribution < 1.29 is 0 Å². The van der Waals surface area contributed by atoms with Crippen LogP contribution in [0.1, 0.15) is 52.9 Å². The summed E-state index contributed by atoms with van der Waals surface area (Å²) in [6, 6.07) is 0. The van der Waals surface area contributed by atoms with Crippen molar-refractivity contribution >= 4 is 0 Å². The first-order valence-electron chi connectivity index (χ1n) is 6.36. The van der Waals surface area contributed by atoms with Gasteiger partial charge in [-0.05, 0) is 48.9 Å². The molecule has 0 aliphatic heterocycles. The predicted molar refractivity (Wildman–Crippen MR) is 66.7 cm³/mol. The lowest BCUT2D eigenvalue weighted by Gasteiger charge is -2.46. The first-order valence-corrected chi connectivity index (χ1v) is 6.36. The second-order valence-corrected chi connectivity index (χ2v) is 6.08. The highest BCUT2D eigenvalue weighted by atomic mass is 14.5. The van der Waals surface area contributed by atoms with Crippen LogP contribution in [0.25, 0.3) is 0 Å². The number of rotatable bonds is 1. The van der Waals surface area contributed by atoms with Crippen molar-refractivity contribution in [3.8, 4) is 0 Å². The minimum atomic E-state index is 0.365. The van der Waals surface area contributed by atoms with E-state index >= 15 is 0 Å². The summed E-state index contributed by atoms with van der Waals surface area (Å²) >= 11 is 0. The summed E-state index contributed by atoms with van der Waals surface area (Å²) in [4.78, 5) is 0. The highest BCUT2D eigenvalue weighted by Crippen LogP contribution is 2.57. The largest absolute Gasteiger partial charge is 0.0993 e. The highest BCUT2D eigenvalue weighted by molar-refractivity contribution is 5.24. The molecule has 0 aromatic rings. The van der Waals surface area contributed by atoms with Crippen LogP contribution in [0, 0.1) is 16.7 Å². The van der Waals surface area contributed by atoms with Crippen LogP contribution >= 0.6 is 0 Å². The summed E-state index contributed by atoms with van der Waals surface area (Å²) in [6.07, 6.45) is 11.5. The zero-order valence-corrected chi connectivity index (χ0v) is 10.5. The van der Waals surface area contributed by atoms with Gasteiger partial charge in [-0.25, -0.2) is 0 Å². The topological polar surface area (TPSA) is 0 Å². The van der Waals surface area contributed by atoms with Crippen LogP contribution in [0.15, 0.2) is 24.3 Å². The normalized spacial score (nSPS) is 46.1. The number of hydrogen-bond acceptors (Lipinski definition) is 0. The second-order valence-electron chi connectivity index (χ2n) is 6.08. The summed E-state index contributed by atoms with van der Waals surface area (Å²) in [5.41, 5.74) is 2.22. The quantitative estimate of drug-likeness (QED) is 0.542. The third-order valence-electron chi connectivity index (χ3n) is 5.11. The summed E-state index contributed by atoms with van der Waals surface area (Å²) in [6.45, 7) is 11.5. The molecule has 0 heteroatoms. The molecular formula is C15H24. The lowest BCUT2D eigenvalue weighted by molar-refractivity contribution is 0.143. The van der Waals surface area contributed by atoms with E-state index in [-0.39, 0.29) is 0 Å². The van der Waals surface area contributed by atoms with E-state index in [1.54, 1.807) is 0 Å². The van der Waals surface area contributed by atoms with Crippen molar-refractivity contribution in [2.24, 2.45) is 16.7 Å². The highest BCUT2D eigenvalue weighted by Gasteiger charge is 2.47. The lowest BCUT2D eigenvalue weighted by Crippen LogP contribution is -2.36. The van der Waals surface area contributed by atoms with Crippen LogP contribution in [0.5, 0.6) is 0 Å². The monoisotopic (exact) mass is 204 g/mol. The lowest BCUT2D eigenvalue weighted by atomic mass is 9.58. The van der Waals surface area contributed by atoms with Gasteiger partial charge in [-0.2, -0.15) is 0 Å². The fourth-order valence-electron chi connectivity index (χ4n) is 3.34. The average Bonchev–Trinajstić information content (AvgIpc) is 2.54. The molecule has 2 aliphatic rings. The Morgan fingerprint density at radius 2 is 2.07 bits per heavy atom. The Kier molecular flexibility index (Phi) is 2.56. The van der Waals surface area contributed by atoms with Gasteiger partial charge in [0.15, 0.2) is 0 Å². The van der Waals surface area contributed by atoms with Crippen molar-refractivity contribution in [1.82, 2.24) is 0 Å². The van der Waals surface area contributed by atoms with Gasteiger partial charge < -0.3 is 0 Å². The van der Waals surface area contributed by atoms with Crippen LogP contribution in [-0.2, 0) is 0 Å². The molecule has 0 spiro atoms. The van der Waals surface area contributed by atoms with Gasteiger partial charge in [-0.15, -0.1) is 0 Å². The van der Waals surface area contributed by atoms with Crippen LogP contribution in [-0.4, -0.2) is 0 Å². The zero-order chi connectivity index (χ0) is 11.1. The molecule has 0 aromatic carbocycles. The molecule has 15 heavy (non-hydrogen) atoms. The van der Waals surface area contributed by atoms with Crippen molar-refractivity contribution in [2.45, 2.75) is 52.9 Å². The Bertz CT molecular complexity index is 299. The Balaban J connectivity index is 2.29. The maximum atomic E-state index is 4.31. The molecule has 0 radical (unpaired) electrons. The van der Waals surface area contributed by atoms with E-state index in [0.29, 0.717) is 10.8 Å². The van der Waals surface area contributed by atoms with E-state index in [1.807, 2.05) is 0 Å². The second kappa shape index (κ2) is 3.50. The number of allylic oxidation sites excluding steroid dienone is 3. The van der Waals surface area contributed by atoms with Crippen molar-refractivity contribution in [3.63, 3.8) is 0 Å². The molecule has 2 aliphatic carbocycles. The molecule has 0 N–H and O–H groups in total. The fraction of sp³-hybridized carbons (Fsp3) is 0.733. The Morgan fingerprint density at radius 1 is 1.33 bits per heavy atom. The molecule has 0 amide bonds. The molecule has 1 fully saturated rings. The molecule has 0 aromatic heterocycles. The summed E-state index contributed by atoms with van der Waals surface area (Å²) < 4.78 is 0. The van der Waals surface area contributed by atoms with Gasteiger partial charge >= 0.3 is 0 Å². The molecule has 0 bridgehead atoms. The molecule has 0 nitrogen and oxygen atoms in total. The first kappa shape index (κ1) is 11.0. The van der Waals surface area contributed by atoms with Gasteiger partial charge in [0.25, 0.3) is 0 Å². The predicted octanol–water partition coefficient (Wildman–Crippen LogP) is 4.73. The Morgan fingerprint density at radius 3 is 2.53 bits per heavy atom. The third-order valence-corrected chi connectivity index (χ3v) is 5.11. The van der Waals surface area contributed by atoms with Crippen molar-refractivity contribution in [1.29, 1.82) is 0 Å². The zero-order valence-electron chi connectivity index (χ0n) is 10.5. The van der Waals surface area contributed by atoms with E-state index in [2.05, 4.69) is 39.5 Å². The molecule has 0 saturated heterocycles. The average molecular weight is 204 g/mol. The van der Waals surface area contributed by atoms with E-state index in [0.717, 1.165) is 5.92 Å². The van der Waals surface area contributed by atoms with Crippen LogP contribution < -0.4 is 0 Å². The summed E-state index contributed by atoms with van der Waals surface area (Å²) in [5.74, 6) is 0.774. The van der Waals surface area contributed by atoms with Gasteiger partial charge in [-0.3, -0.25) is 0 Å². The molecule has 2 rings (SSSR count). The van der Waals surface area contributed by atoms with Gasteiger partial charge in [0, 0.05) is 0 Å². The Labute approximate surface area is 94.5 Å². The van der Waals surface area contributed by atoms with Gasteiger partial charge in [0.1, 0.15) is 0 Å². The standard InChI is InChI=1S/C15H24/c1-12-7-10-14(3,11-8-12)15(4)9-5-6-13(15)2/h7,10,12H,2,5-6,8-9,11H2,1,3-4H3/t12?,14-,15+/m0/s1. The summed E-state index contributed by atoms with van der Waals surface area (Å²) in [7, 11) is 0. The molecule has 1 saturated carbocycles. The fourth-order valence-corrected chi connectivity index (χ4v) is 3.34. The summed E-state index contributed by atoms with van der Waals surface area (Å²) in [5, 5.41) is 0. The van der Waals surface area contributed by atoms with Crippen LogP contribution in [0.4, 0.5) is 0 Å². The smallest absolute Gasteiger partial charge is 0.00307 e. The van der Waals surface area contributed by atoms with E-state index in [9.17, 15) is 0 Å². The minimum absolute atomic E-state index is 0.365. The molecule has 3 atom stereocenters. The number of hydrogen-bond donors (Lipinski definition) is 0.